The molecule has 0 radical (unpaired) electrons. The van der Waals surface area contributed by atoms with Crippen LogP contribution in [0.3, 0.4) is 0 Å². The van der Waals surface area contributed by atoms with Crippen LogP contribution in [0.4, 0.5) is 0 Å². The van der Waals surface area contributed by atoms with Crippen LogP contribution >= 0.6 is 0 Å². The summed E-state index contributed by atoms with van der Waals surface area (Å²) < 4.78 is 0. The Morgan fingerprint density at radius 1 is 1.25 bits per heavy atom. The topological polar surface area (TPSA) is 40.5 Å². The van der Waals surface area contributed by atoms with E-state index in [1.165, 1.54) is 0 Å². The van der Waals surface area contributed by atoms with Crippen LogP contribution in [0, 0.1) is 0 Å². The number of benzene rings is 1. The van der Waals surface area contributed by atoms with Gasteiger partial charge in [-0.15, -0.1) is 0 Å². The quantitative estimate of drug-likeness (QED) is 0.841. The highest BCUT2D eigenvalue weighted by atomic mass is 16.3. The van der Waals surface area contributed by atoms with Gasteiger partial charge in [-0.2, -0.15) is 0 Å². The third-order valence-corrected chi connectivity index (χ3v) is 3.09. The summed E-state index contributed by atoms with van der Waals surface area (Å²) in [5, 5.41) is 9.46. The lowest BCUT2D eigenvalue weighted by Crippen LogP contribution is -2.39. The highest BCUT2D eigenvalue weighted by Gasteiger charge is 2.26. The molecule has 0 aromatic heterocycles. The molecular weight excluding hydrogens is 202 g/mol. The van der Waals surface area contributed by atoms with Crippen molar-refractivity contribution in [3.63, 3.8) is 0 Å². The van der Waals surface area contributed by atoms with Crippen LogP contribution in [0.2, 0.25) is 0 Å². The first-order valence-corrected chi connectivity index (χ1v) is 5.78. The Kier molecular flexibility index (Phi) is 3.57. The summed E-state index contributed by atoms with van der Waals surface area (Å²) in [6, 6.07) is 9.56. The monoisotopic (exact) mass is 219 g/mol. The standard InChI is InChI=1S/C13H17NO2/c15-10-12(11-6-2-1-3-7-11)14-9-5-4-8-13(14)16/h1-3,6-7,12,15H,4-5,8-10H2/t12-/m0/s1. The van der Waals surface area contributed by atoms with Crippen LogP contribution in [-0.4, -0.2) is 29.1 Å². The van der Waals surface area contributed by atoms with Crippen LogP contribution in [0.1, 0.15) is 30.9 Å². The smallest absolute Gasteiger partial charge is 0.223 e. The van der Waals surface area contributed by atoms with Crippen LogP contribution in [0.25, 0.3) is 0 Å². The molecule has 1 amide bonds. The van der Waals surface area contributed by atoms with E-state index in [1.54, 1.807) is 4.90 Å². The maximum atomic E-state index is 11.8. The Balaban J connectivity index is 2.18. The molecule has 1 aliphatic heterocycles. The Hall–Kier alpha value is -1.35. The fourth-order valence-electron chi connectivity index (χ4n) is 2.22. The Bertz CT molecular complexity index is 350. The number of hydrogen-bond acceptors (Lipinski definition) is 2. The van der Waals surface area contributed by atoms with Gasteiger partial charge < -0.3 is 10.0 Å². The van der Waals surface area contributed by atoms with E-state index >= 15 is 0 Å². The normalized spacial score (nSPS) is 18.6. The van der Waals surface area contributed by atoms with Gasteiger partial charge in [0.15, 0.2) is 0 Å². The first kappa shape index (κ1) is 11.1. The molecule has 16 heavy (non-hydrogen) atoms. The fraction of sp³-hybridized carbons (Fsp3) is 0.462. The summed E-state index contributed by atoms with van der Waals surface area (Å²) in [6.45, 7) is 0.759. The lowest BCUT2D eigenvalue weighted by atomic mass is 10.0. The maximum Gasteiger partial charge on any atom is 0.223 e. The number of amides is 1. The van der Waals surface area contributed by atoms with E-state index in [0.29, 0.717) is 6.42 Å². The molecule has 2 rings (SSSR count). The lowest BCUT2D eigenvalue weighted by Gasteiger charge is -2.33. The molecule has 0 spiro atoms. The average molecular weight is 219 g/mol. The van der Waals surface area contributed by atoms with E-state index in [0.717, 1.165) is 24.9 Å². The van der Waals surface area contributed by atoms with Gasteiger partial charge in [0.05, 0.1) is 12.6 Å². The predicted octanol–water partition coefficient (Wildman–Crippen LogP) is 1.73. The van der Waals surface area contributed by atoms with Crippen molar-refractivity contribution >= 4 is 5.91 Å². The molecule has 1 aromatic rings. The fourth-order valence-corrected chi connectivity index (χ4v) is 2.22. The molecule has 1 atom stereocenters. The molecule has 0 unspecified atom stereocenters. The van der Waals surface area contributed by atoms with Crippen LogP contribution < -0.4 is 0 Å². The Labute approximate surface area is 95.7 Å². The van der Waals surface area contributed by atoms with Gasteiger partial charge in [0.25, 0.3) is 0 Å². The average Bonchev–Trinajstić information content (AvgIpc) is 2.34. The van der Waals surface area contributed by atoms with E-state index in [-0.39, 0.29) is 18.6 Å². The summed E-state index contributed by atoms with van der Waals surface area (Å²) >= 11 is 0. The molecule has 86 valence electrons. The number of likely N-dealkylation sites (tertiary alicyclic amines) is 1. The Morgan fingerprint density at radius 3 is 2.62 bits per heavy atom. The molecule has 1 saturated heterocycles. The van der Waals surface area contributed by atoms with Crippen LogP contribution in [0.5, 0.6) is 0 Å². The minimum atomic E-state index is -0.172. The summed E-state index contributed by atoms with van der Waals surface area (Å²) in [6.07, 6.45) is 2.63. The van der Waals surface area contributed by atoms with E-state index < -0.39 is 0 Å². The largest absolute Gasteiger partial charge is 0.394 e. The molecule has 1 N–H and O–H groups in total. The molecule has 1 heterocycles. The van der Waals surface area contributed by atoms with Crippen molar-refractivity contribution in [1.82, 2.24) is 4.90 Å². The zero-order valence-electron chi connectivity index (χ0n) is 9.30. The predicted molar refractivity (Wildman–Crippen MR) is 61.8 cm³/mol. The van der Waals surface area contributed by atoms with Crippen LogP contribution in [0.15, 0.2) is 30.3 Å². The van der Waals surface area contributed by atoms with Crippen molar-refractivity contribution in [2.45, 2.75) is 25.3 Å². The van der Waals surface area contributed by atoms with Crippen LogP contribution in [-0.2, 0) is 4.79 Å². The van der Waals surface area contributed by atoms with Gasteiger partial charge >= 0.3 is 0 Å². The minimum absolute atomic E-state index is 0.00421. The number of rotatable bonds is 3. The number of nitrogens with zero attached hydrogens (tertiary/aromatic N) is 1. The number of aliphatic hydroxyl groups excluding tert-OH is 1. The molecular formula is C13H17NO2. The summed E-state index contributed by atoms with van der Waals surface area (Å²) in [5.74, 6) is 0.161. The minimum Gasteiger partial charge on any atom is -0.394 e. The second-order valence-electron chi connectivity index (χ2n) is 4.15. The van der Waals surface area contributed by atoms with Gasteiger partial charge in [-0.3, -0.25) is 4.79 Å². The van der Waals surface area contributed by atoms with Gasteiger partial charge in [0.2, 0.25) is 5.91 Å². The second-order valence-corrected chi connectivity index (χ2v) is 4.15. The third kappa shape index (κ3) is 2.25. The molecule has 1 aliphatic rings. The second kappa shape index (κ2) is 5.12. The zero-order chi connectivity index (χ0) is 11.4. The van der Waals surface area contributed by atoms with Crippen molar-refractivity contribution < 1.29 is 9.90 Å². The summed E-state index contributed by atoms with van der Waals surface area (Å²) in [4.78, 5) is 13.6. The molecule has 3 nitrogen and oxygen atoms in total. The molecule has 0 aliphatic carbocycles. The molecule has 1 fully saturated rings. The highest BCUT2D eigenvalue weighted by Crippen LogP contribution is 2.24. The molecule has 1 aromatic carbocycles. The van der Waals surface area contributed by atoms with E-state index in [1.807, 2.05) is 30.3 Å². The Morgan fingerprint density at radius 2 is 2.00 bits per heavy atom. The number of carbonyl (C=O) groups is 1. The molecule has 0 saturated carbocycles. The zero-order valence-corrected chi connectivity index (χ0v) is 9.30. The van der Waals surface area contributed by atoms with Gasteiger partial charge in [0.1, 0.15) is 0 Å². The van der Waals surface area contributed by atoms with Gasteiger partial charge in [-0.1, -0.05) is 30.3 Å². The van der Waals surface area contributed by atoms with E-state index in [4.69, 9.17) is 0 Å². The number of piperidine rings is 1. The van der Waals surface area contributed by atoms with Crippen molar-refractivity contribution in [2.75, 3.05) is 13.2 Å². The SMILES string of the molecule is O=C1CCCCN1[C@@H](CO)c1ccccc1. The van der Waals surface area contributed by atoms with Gasteiger partial charge in [-0.25, -0.2) is 0 Å². The maximum absolute atomic E-state index is 11.8. The number of hydrogen-bond donors (Lipinski definition) is 1. The molecule has 0 bridgehead atoms. The van der Waals surface area contributed by atoms with Crippen molar-refractivity contribution in [3.8, 4) is 0 Å². The lowest BCUT2D eigenvalue weighted by molar-refractivity contribution is -0.137. The van der Waals surface area contributed by atoms with E-state index in [2.05, 4.69) is 0 Å². The van der Waals surface area contributed by atoms with E-state index in [9.17, 15) is 9.90 Å². The first-order chi connectivity index (χ1) is 7.83. The van der Waals surface area contributed by atoms with Gasteiger partial charge in [0, 0.05) is 13.0 Å². The van der Waals surface area contributed by atoms with Crippen molar-refractivity contribution in [2.24, 2.45) is 0 Å². The third-order valence-electron chi connectivity index (χ3n) is 3.09. The van der Waals surface area contributed by atoms with Crippen molar-refractivity contribution in [1.29, 1.82) is 0 Å². The highest BCUT2D eigenvalue weighted by molar-refractivity contribution is 5.77. The van der Waals surface area contributed by atoms with Crippen molar-refractivity contribution in [3.05, 3.63) is 35.9 Å². The number of carbonyl (C=O) groups excluding carboxylic acids is 1. The number of aliphatic hydroxyl groups is 1. The van der Waals surface area contributed by atoms with Gasteiger partial charge in [-0.05, 0) is 18.4 Å². The first-order valence-electron chi connectivity index (χ1n) is 5.78. The molecule has 3 heteroatoms. The summed E-state index contributed by atoms with van der Waals surface area (Å²) in [5.41, 5.74) is 1.01. The summed E-state index contributed by atoms with van der Waals surface area (Å²) in [7, 11) is 0.